The van der Waals surface area contributed by atoms with E-state index < -0.39 is 5.54 Å². The summed E-state index contributed by atoms with van der Waals surface area (Å²) >= 11 is 0. The van der Waals surface area contributed by atoms with Gasteiger partial charge in [-0.15, -0.1) is 0 Å². The predicted molar refractivity (Wildman–Crippen MR) is 69.3 cm³/mol. The number of benzene rings is 1. The number of aliphatic hydroxyl groups is 1. The number of hydrogen-bond donors (Lipinski definition) is 2. The lowest BCUT2D eigenvalue weighted by atomic mass is 10.0. The molecule has 0 unspecified atom stereocenters. The van der Waals surface area contributed by atoms with Gasteiger partial charge in [-0.05, 0) is 13.8 Å². The molecule has 98 valence electrons. The van der Waals surface area contributed by atoms with Crippen molar-refractivity contribution in [1.82, 2.24) is 5.32 Å². The summed E-state index contributed by atoms with van der Waals surface area (Å²) in [5.74, 6) is -0.272. The molecule has 0 aromatic heterocycles. The molecule has 1 aromatic rings. The van der Waals surface area contributed by atoms with Crippen molar-refractivity contribution in [3.8, 4) is 0 Å². The maximum absolute atomic E-state index is 11.8. The van der Waals surface area contributed by atoms with Crippen LogP contribution >= 0.6 is 0 Å². The summed E-state index contributed by atoms with van der Waals surface area (Å²) in [4.78, 5) is 23.3. The Labute approximate surface area is 107 Å². The normalized spacial score (nSPS) is 11.1. The second-order valence-corrected chi connectivity index (χ2v) is 4.88. The molecule has 4 heteroatoms. The van der Waals surface area contributed by atoms with Crippen LogP contribution < -0.4 is 5.32 Å². The van der Waals surface area contributed by atoms with E-state index in [9.17, 15) is 9.59 Å². The van der Waals surface area contributed by atoms with Gasteiger partial charge in [0.15, 0.2) is 5.78 Å². The number of nitrogens with one attached hydrogen (secondary N) is 1. The first-order valence-electron chi connectivity index (χ1n) is 5.95. The molecule has 0 spiro atoms. The zero-order valence-electron chi connectivity index (χ0n) is 10.8. The summed E-state index contributed by atoms with van der Waals surface area (Å²) < 4.78 is 0. The van der Waals surface area contributed by atoms with Gasteiger partial charge < -0.3 is 10.4 Å². The minimum absolute atomic E-state index is 0.0486. The van der Waals surface area contributed by atoms with Crippen LogP contribution in [0.1, 0.15) is 37.0 Å². The highest BCUT2D eigenvalue weighted by Crippen LogP contribution is 2.06. The Morgan fingerprint density at radius 1 is 1.17 bits per heavy atom. The van der Waals surface area contributed by atoms with Crippen LogP contribution in [-0.2, 0) is 4.79 Å². The van der Waals surface area contributed by atoms with Gasteiger partial charge in [-0.2, -0.15) is 0 Å². The van der Waals surface area contributed by atoms with Gasteiger partial charge in [-0.3, -0.25) is 9.59 Å². The number of Topliss-reactive ketones (excluding diaryl/α,β-unsaturated/α-hetero) is 1. The molecule has 4 nitrogen and oxygen atoms in total. The van der Waals surface area contributed by atoms with E-state index in [1.165, 1.54) is 0 Å². The Morgan fingerprint density at radius 3 is 2.33 bits per heavy atom. The number of ketones is 1. The Bertz CT molecular complexity index is 412. The number of aliphatic hydroxyl groups excluding tert-OH is 1. The van der Waals surface area contributed by atoms with E-state index in [-0.39, 0.29) is 31.1 Å². The van der Waals surface area contributed by atoms with Crippen molar-refractivity contribution < 1.29 is 14.7 Å². The van der Waals surface area contributed by atoms with E-state index in [0.717, 1.165) is 0 Å². The summed E-state index contributed by atoms with van der Waals surface area (Å²) in [6.07, 6.45) is 0.314. The van der Waals surface area contributed by atoms with E-state index in [0.29, 0.717) is 5.56 Å². The van der Waals surface area contributed by atoms with E-state index in [2.05, 4.69) is 5.32 Å². The lowest BCUT2D eigenvalue weighted by Crippen LogP contribution is -2.46. The second-order valence-electron chi connectivity index (χ2n) is 4.88. The highest BCUT2D eigenvalue weighted by Gasteiger charge is 2.19. The molecule has 0 heterocycles. The van der Waals surface area contributed by atoms with Crippen molar-refractivity contribution in [2.24, 2.45) is 0 Å². The number of hydrogen-bond acceptors (Lipinski definition) is 3. The fourth-order valence-electron chi connectivity index (χ4n) is 1.47. The van der Waals surface area contributed by atoms with Crippen LogP contribution in [0, 0.1) is 0 Å². The summed E-state index contributed by atoms with van der Waals surface area (Å²) in [5, 5.41) is 11.7. The fraction of sp³-hybridized carbons (Fsp3) is 0.429. The van der Waals surface area contributed by atoms with E-state index in [1.807, 2.05) is 6.07 Å². The van der Waals surface area contributed by atoms with Crippen molar-refractivity contribution in [3.05, 3.63) is 35.9 Å². The monoisotopic (exact) mass is 249 g/mol. The topological polar surface area (TPSA) is 66.4 Å². The van der Waals surface area contributed by atoms with Gasteiger partial charge in [0.25, 0.3) is 0 Å². The molecule has 0 aliphatic rings. The molecule has 0 fully saturated rings. The van der Waals surface area contributed by atoms with Crippen molar-refractivity contribution in [3.63, 3.8) is 0 Å². The Hall–Kier alpha value is -1.68. The molecule has 18 heavy (non-hydrogen) atoms. The van der Waals surface area contributed by atoms with Crippen LogP contribution in [0.3, 0.4) is 0 Å². The highest BCUT2D eigenvalue weighted by molar-refractivity contribution is 5.97. The molecule has 1 aromatic carbocycles. The summed E-state index contributed by atoms with van der Waals surface area (Å²) in [6, 6.07) is 8.90. The van der Waals surface area contributed by atoms with Crippen molar-refractivity contribution in [1.29, 1.82) is 0 Å². The smallest absolute Gasteiger partial charge is 0.220 e. The van der Waals surface area contributed by atoms with Gasteiger partial charge in [-0.1, -0.05) is 30.3 Å². The molecular formula is C14H19NO3. The lowest BCUT2D eigenvalue weighted by molar-refractivity contribution is -0.123. The summed E-state index contributed by atoms with van der Waals surface area (Å²) in [6.45, 7) is 3.32. The fourth-order valence-corrected chi connectivity index (χ4v) is 1.47. The number of amides is 1. The third-order valence-corrected chi connectivity index (χ3v) is 2.55. The average Bonchev–Trinajstić information content (AvgIpc) is 2.36. The molecule has 0 atom stereocenters. The maximum Gasteiger partial charge on any atom is 0.220 e. The van der Waals surface area contributed by atoms with Crippen LogP contribution in [0.5, 0.6) is 0 Å². The Balaban J connectivity index is 2.42. The van der Waals surface area contributed by atoms with Crippen LogP contribution in [0.15, 0.2) is 30.3 Å². The van der Waals surface area contributed by atoms with Gasteiger partial charge in [0.1, 0.15) is 0 Å². The van der Waals surface area contributed by atoms with Gasteiger partial charge >= 0.3 is 0 Å². The highest BCUT2D eigenvalue weighted by atomic mass is 16.3. The third-order valence-electron chi connectivity index (χ3n) is 2.55. The van der Waals surface area contributed by atoms with Gasteiger partial charge in [0.2, 0.25) is 5.91 Å². The van der Waals surface area contributed by atoms with E-state index in [4.69, 9.17) is 5.11 Å². The van der Waals surface area contributed by atoms with E-state index >= 15 is 0 Å². The van der Waals surface area contributed by atoms with Gasteiger partial charge in [0.05, 0.1) is 12.1 Å². The van der Waals surface area contributed by atoms with Crippen molar-refractivity contribution in [2.45, 2.75) is 32.2 Å². The zero-order chi connectivity index (χ0) is 13.6. The third kappa shape index (κ3) is 4.67. The van der Waals surface area contributed by atoms with Crippen molar-refractivity contribution >= 4 is 11.7 Å². The molecule has 1 rings (SSSR count). The molecule has 1 amide bonds. The minimum Gasteiger partial charge on any atom is -0.394 e. The van der Waals surface area contributed by atoms with Crippen molar-refractivity contribution in [2.75, 3.05) is 6.61 Å². The number of carbonyl (C=O) groups excluding carboxylic acids is 2. The first-order valence-corrected chi connectivity index (χ1v) is 5.95. The van der Waals surface area contributed by atoms with Crippen LogP contribution in [-0.4, -0.2) is 28.9 Å². The first-order chi connectivity index (χ1) is 8.44. The van der Waals surface area contributed by atoms with E-state index in [1.54, 1.807) is 38.1 Å². The molecule has 2 N–H and O–H groups in total. The SMILES string of the molecule is CC(C)(CO)NC(=O)CCC(=O)c1ccccc1. The quantitative estimate of drug-likeness (QED) is 0.751. The van der Waals surface area contributed by atoms with Crippen LogP contribution in [0.2, 0.25) is 0 Å². The summed E-state index contributed by atoms with van der Waals surface area (Å²) in [7, 11) is 0. The molecule has 0 aliphatic heterocycles. The minimum atomic E-state index is -0.646. The maximum atomic E-state index is 11.8. The molecule has 0 bridgehead atoms. The van der Waals surface area contributed by atoms with Gasteiger partial charge in [0, 0.05) is 18.4 Å². The Kier molecular flexibility index (Phi) is 5.04. The largest absolute Gasteiger partial charge is 0.394 e. The molecule has 0 saturated carbocycles. The van der Waals surface area contributed by atoms with Crippen LogP contribution in [0.4, 0.5) is 0 Å². The lowest BCUT2D eigenvalue weighted by Gasteiger charge is -2.23. The van der Waals surface area contributed by atoms with Gasteiger partial charge in [-0.25, -0.2) is 0 Å². The number of carbonyl (C=O) groups is 2. The second kappa shape index (κ2) is 6.31. The molecular weight excluding hydrogens is 230 g/mol. The Morgan fingerprint density at radius 2 is 1.78 bits per heavy atom. The average molecular weight is 249 g/mol. The van der Waals surface area contributed by atoms with Crippen LogP contribution in [0.25, 0.3) is 0 Å². The summed E-state index contributed by atoms with van der Waals surface area (Å²) in [5.41, 5.74) is -0.0286. The molecule has 0 saturated heterocycles. The molecule has 0 radical (unpaired) electrons. The molecule has 0 aliphatic carbocycles. The zero-order valence-corrected chi connectivity index (χ0v) is 10.8. The predicted octanol–water partition coefficient (Wildman–Crippen LogP) is 1.54. The standard InChI is InChI=1S/C14H19NO3/c1-14(2,10-16)15-13(18)9-8-12(17)11-6-4-3-5-7-11/h3-7,16H,8-10H2,1-2H3,(H,15,18). The first kappa shape index (κ1) is 14.4. The number of rotatable bonds is 6.